The number of methoxy groups -OCH3 is 2. The largest absolute Gasteiger partial charge is 0.497 e. The number of rotatable bonds is 10. The molecule has 1 rings (SSSR count). The smallest absolute Gasteiger partial charge is 0.119 e. The van der Waals surface area contributed by atoms with Crippen LogP contribution in [0, 0.1) is 0 Å². The van der Waals surface area contributed by atoms with Gasteiger partial charge in [-0.3, -0.25) is 0 Å². The van der Waals surface area contributed by atoms with Crippen LogP contribution in [-0.4, -0.2) is 47.0 Å². The Morgan fingerprint density at radius 3 is 2.50 bits per heavy atom. The monoisotopic (exact) mass is 252 g/mol. The Bertz CT molecular complexity index is 318. The van der Waals surface area contributed by atoms with Gasteiger partial charge >= 0.3 is 0 Å². The molecule has 0 saturated carbocycles. The first-order valence-electron chi connectivity index (χ1n) is 6.40. The fourth-order valence-electron chi connectivity index (χ4n) is 1.66. The maximum Gasteiger partial charge on any atom is 0.119 e. The highest BCUT2D eigenvalue weighted by atomic mass is 16.5. The fourth-order valence-corrected chi connectivity index (χ4v) is 1.66. The minimum Gasteiger partial charge on any atom is -0.497 e. The molecule has 4 heteroatoms. The van der Waals surface area contributed by atoms with E-state index in [0.717, 1.165) is 45.0 Å². The molecule has 0 aliphatic rings. The van der Waals surface area contributed by atoms with E-state index in [1.165, 1.54) is 5.56 Å². The molecule has 0 amide bonds. The lowest BCUT2D eigenvalue weighted by Crippen LogP contribution is -2.30. The summed E-state index contributed by atoms with van der Waals surface area (Å²) in [6, 6.07) is 8.21. The van der Waals surface area contributed by atoms with E-state index >= 15 is 0 Å². The lowest BCUT2D eigenvalue weighted by atomic mass is 10.1. The summed E-state index contributed by atoms with van der Waals surface area (Å²) in [5, 5.41) is 6.70. The van der Waals surface area contributed by atoms with Crippen molar-refractivity contribution in [2.75, 3.05) is 47.0 Å². The molecule has 0 aliphatic heterocycles. The highest BCUT2D eigenvalue weighted by Gasteiger charge is 1.95. The predicted molar refractivity (Wildman–Crippen MR) is 74.3 cm³/mol. The first-order valence-corrected chi connectivity index (χ1v) is 6.40. The summed E-state index contributed by atoms with van der Waals surface area (Å²) in [6.45, 7) is 4.62. The zero-order chi connectivity index (χ0) is 13.1. The van der Waals surface area contributed by atoms with Gasteiger partial charge in [0.15, 0.2) is 0 Å². The second kappa shape index (κ2) is 9.88. The van der Waals surface area contributed by atoms with Gasteiger partial charge in [-0.25, -0.2) is 0 Å². The minimum absolute atomic E-state index is 0.768. The summed E-state index contributed by atoms with van der Waals surface area (Å²) < 4.78 is 10.1. The third-order valence-corrected chi connectivity index (χ3v) is 2.69. The third-order valence-electron chi connectivity index (χ3n) is 2.69. The van der Waals surface area contributed by atoms with Gasteiger partial charge in [-0.1, -0.05) is 12.1 Å². The maximum atomic E-state index is 5.19. The summed E-state index contributed by atoms with van der Waals surface area (Å²) in [5.74, 6) is 0.925. The highest BCUT2D eigenvalue weighted by Crippen LogP contribution is 2.12. The van der Waals surface area contributed by atoms with Crippen molar-refractivity contribution in [1.29, 1.82) is 0 Å². The van der Waals surface area contributed by atoms with E-state index in [9.17, 15) is 0 Å². The van der Waals surface area contributed by atoms with Crippen molar-refractivity contribution in [3.05, 3.63) is 29.8 Å². The van der Waals surface area contributed by atoms with Crippen LogP contribution in [0.2, 0.25) is 0 Å². The van der Waals surface area contributed by atoms with E-state index in [-0.39, 0.29) is 0 Å². The molecule has 102 valence electrons. The molecule has 0 fully saturated rings. The van der Waals surface area contributed by atoms with Gasteiger partial charge in [-0.05, 0) is 30.7 Å². The van der Waals surface area contributed by atoms with E-state index in [2.05, 4.69) is 22.8 Å². The molecule has 0 unspecified atom stereocenters. The van der Waals surface area contributed by atoms with Crippen LogP contribution in [0.4, 0.5) is 0 Å². The molecule has 0 aromatic heterocycles. The van der Waals surface area contributed by atoms with Gasteiger partial charge in [0, 0.05) is 26.7 Å². The molecule has 0 saturated heterocycles. The van der Waals surface area contributed by atoms with E-state index in [4.69, 9.17) is 9.47 Å². The van der Waals surface area contributed by atoms with Crippen molar-refractivity contribution in [3.8, 4) is 5.75 Å². The average Bonchev–Trinajstić information content (AvgIpc) is 2.42. The normalized spacial score (nSPS) is 10.6. The second-order valence-electron chi connectivity index (χ2n) is 4.09. The second-order valence-corrected chi connectivity index (χ2v) is 4.09. The average molecular weight is 252 g/mol. The Labute approximate surface area is 110 Å². The van der Waals surface area contributed by atoms with Crippen LogP contribution in [0.3, 0.4) is 0 Å². The number of benzene rings is 1. The van der Waals surface area contributed by atoms with Crippen LogP contribution in [0.1, 0.15) is 5.56 Å². The van der Waals surface area contributed by atoms with Gasteiger partial charge in [0.05, 0.1) is 13.7 Å². The van der Waals surface area contributed by atoms with Crippen LogP contribution in [0.15, 0.2) is 24.3 Å². The lowest BCUT2D eigenvalue weighted by molar-refractivity contribution is 0.199. The van der Waals surface area contributed by atoms with Gasteiger partial charge in [0.2, 0.25) is 0 Å². The summed E-state index contributed by atoms with van der Waals surface area (Å²) in [7, 11) is 3.41. The molecular formula is C14H24N2O2. The first-order chi connectivity index (χ1) is 8.86. The third kappa shape index (κ3) is 6.59. The van der Waals surface area contributed by atoms with Crippen LogP contribution in [-0.2, 0) is 11.2 Å². The van der Waals surface area contributed by atoms with E-state index in [1.807, 2.05) is 12.1 Å². The summed E-state index contributed by atoms with van der Waals surface area (Å²) in [4.78, 5) is 0. The Balaban J connectivity index is 2.03. The first kappa shape index (κ1) is 15.0. The molecule has 4 nitrogen and oxygen atoms in total. The molecule has 2 N–H and O–H groups in total. The zero-order valence-electron chi connectivity index (χ0n) is 11.4. The van der Waals surface area contributed by atoms with Crippen LogP contribution in [0.25, 0.3) is 0 Å². The standard InChI is InChI=1S/C14H24N2O2/c1-17-11-10-16-9-8-15-7-6-13-4-3-5-14(12-13)18-2/h3-5,12,15-16H,6-11H2,1-2H3. The van der Waals surface area contributed by atoms with Gasteiger partial charge in [-0.15, -0.1) is 0 Å². The van der Waals surface area contributed by atoms with Crippen molar-refractivity contribution in [2.45, 2.75) is 6.42 Å². The highest BCUT2D eigenvalue weighted by molar-refractivity contribution is 5.28. The van der Waals surface area contributed by atoms with Gasteiger partial charge in [0.25, 0.3) is 0 Å². The molecule has 0 bridgehead atoms. The Morgan fingerprint density at radius 1 is 1.00 bits per heavy atom. The molecular weight excluding hydrogens is 228 g/mol. The van der Waals surface area contributed by atoms with Gasteiger partial charge < -0.3 is 20.1 Å². The molecule has 0 radical (unpaired) electrons. The lowest BCUT2D eigenvalue weighted by Gasteiger charge is -2.07. The molecule has 0 atom stereocenters. The summed E-state index contributed by atoms with van der Waals surface area (Å²) >= 11 is 0. The Hall–Kier alpha value is -1.10. The van der Waals surface area contributed by atoms with Gasteiger partial charge in [0.1, 0.15) is 5.75 Å². The summed E-state index contributed by atoms with van der Waals surface area (Å²) in [6.07, 6.45) is 1.02. The topological polar surface area (TPSA) is 42.5 Å². The zero-order valence-corrected chi connectivity index (χ0v) is 11.4. The van der Waals surface area contributed by atoms with Crippen molar-refractivity contribution < 1.29 is 9.47 Å². The molecule has 1 aromatic rings. The molecule has 0 spiro atoms. The van der Waals surface area contributed by atoms with Crippen LogP contribution >= 0.6 is 0 Å². The van der Waals surface area contributed by atoms with Crippen molar-refractivity contribution in [2.24, 2.45) is 0 Å². The quantitative estimate of drug-likeness (QED) is 0.611. The SMILES string of the molecule is COCCNCCNCCc1cccc(OC)c1. The van der Waals surface area contributed by atoms with Crippen LogP contribution < -0.4 is 15.4 Å². The summed E-state index contributed by atoms with van der Waals surface area (Å²) in [5.41, 5.74) is 1.30. The van der Waals surface area contributed by atoms with Crippen molar-refractivity contribution in [3.63, 3.8) is 0 Å². The fraction of sp³-hybridized carbons (Fsp3) is 0.571. The van der Waals surface area contributed by atoms with Crippen molar-refractivity contribution >= 4 is 0 Å². The van der Waals surface area contributed by atoms with E-state index in [0.29, 0.717) is 0 Å². The number of hydrogen-bond donors (Lipinski definition) is 2. The maximum absolute atomic E-state index is 5.19. The molecule has 18 heavy (non-hydrogen) atoms. The van der Waals surface area contributed by atoms with Crippen molar-refractivity contribution in [1.82, 2.24) is 10.6 Å². The number of nitrogens with one attached hydrogen (secondary N) is 2. The molecule has 0 heterocycles. The van der Waals surface area contributed by atoms with E-state index < -0.39 is 0 Å². The van der Waals surface area contributed by atoms with Gasteiger partial charge in [-0.2, -0.15) is 0 Å². The Morgan fingerprint density at radius 2 is 1.78 bits per heavy atom. The number of ether oxygens (including phenoxy) is 2. The van der Waals surface area contributed by atoms with E-state index in [1.54, 1.807) is 14.2 Å². The molecule has 0 aliphatic carbocycles. The number of hydrogen-bond acceptors (Lipinski definition) is 4. The molecule has 1 aromatic carbocycles. The minimum atomic E-state index is 0.768. The Kier molecular flexibility index (Phi) is 8.21. The predicted octanol–water partition coefficient (Wildman–Crippen LogP) is 1.06. The van der Waals surface area contributed by atoms with Crippen LogP contribution in [0.5, 0.6) is 5.75 Å².